The molecule has 0 aromatic heterocycles. The van der Waals surface area contributed by atoms with Crippen LogP contribution >= 0.6 is 11.8 Å². The molecule has 0 fully saturated rings. The zero-order valence-electron chi connectivity index (χ0n) is 23.7. The zero-order valence-corrected chi connectivity index (χ0v) is 24.5. The molecule has 0 aliphatic heterocycles. The van der Waals surface area contributed by atoms with Gasteiger partial charge in [-0.25, -0.2) is 0 Å². The van der Waals surface area contributed by atoms with Gasteiger partial charge in [0.1, 0.15) is 17.7 Å². The number of fused-ring (bicyclic) bond motifs is 1. The summed E-state index contributed by atoms with van der Waals surface area (Å²) in [6.07, 6.45) is 2.83. The van der Waals surface area contributed by atoms with E-state index < -0.39 is 12.5 Å². The van der Waals surface area contributed by atoms with E-state index in [0.717, 1.165) is 41.3 Å². The highest BCUT2D eigenvalue weighted by molar-refractivity contribution is 8.01. The average Bonchev–Trinajstić information content (AvgIpc) is 2.88. The summed E-state index contributed by atoms with van der Waals surface area (Å²) in [5, 5.41) is 13.2. The molecule has 3 aromatic carbocycles. The molecule has 0 heterocycles. The number of hydrogen-bond acceptors (Lipinski definition) is 4. The van der Waals surface area contributed by atoms with Crippen LogP contribution in [0.15, 0.2) is 54.6 Å². The van der Waals surface area contributed by atoms with E-state index in [1.165, 1.54) is 11.1 Å². The van der Waals surface area contributed by atoms with Gasteiger partial charge >= 0.3 is 5.97 Å². The summed E-state index contributed by atoms with van der Waals surface area (Å²) in [6.45, 7) is 15.0. The van der Waals surface area contributed by atoms with E-state index in [-0.39, 0.29) is 21.5 Å². The number of rotatable bonds is 11. The summed E-state index contributed by atoms with van der Waals surface area (Å²) < 4.78 is 6.56. The molecule has 0 saturated heterocycles. The quantitative estimate of drug-likeness (QED) is 0.246. The van der Waals surface area contributed by atoms with E-state index in [2.05, 4.69) is 90.2 Å². The van der Waals surface area contributed by atoms with Crippen molar-refractivity contribution in [2.75, 3.05) is 6.54 Å². The largest absolute Gasteiger partial charge is 0.480 e. The number of carboxylic acid groups (broad SMARTS) is 1. The summed E-state index contributed by atoms with van der Waals surface area (Å²) in [7, 11) is 0. The number of carbonyl (C=O) groups is 2. The first-order valence-corrected chi connectivity index (χ1v) is 14.3. The molecular formula is C32H41NO4S. The Kier molecular flexibility index (Phi) is 9.53. The van der Waals surface area contributed by atoms with Gasteiger partial charge in [-0.3, -0.25) is 9.59 Å². The topological polar surface area (TPSA) is 75.6 Å². The first-order valence-electron chi connectivity index (χ1n) is 13.4. The summed E-state index contributed by atoms with van der Waals surface area (Å²) >= 11 is 1.86. The number of thioether (sulfide) groups is 1. The SMILES string of the molecule is CCC(Oc1ccc(C(CC)(CC)c2ccc3cc(C(=O)NCC(=O)O)ccc3c2)cc1C)SC(C)(C)C. The molecular weight excluding hydrogens is 494 g/mol. The number of carbonyl (C=O) groups excluding carboxylic acids is 1. The zero-order chi connectivity index (χ0) is 28.1. The smallest absolute Gasteiger partial charge is 0.322 e. The van der Waals surface area contributed by atoms with E-state index in [1.54, 1.807) is 6.07 Å². The number of hydrogen-bond donors (Lipinski definition) is 2. The second-order valence-corrected chi connectivity index (χ2v) is 12.8. The standard InChI is InChI=1S/C32H41NO4S/c1-8-29(38-31(5,6)7)37-27-16-15-25(17-21(27)4)32(9-2,10-3)26-14-13-22-18-24(12-11-23(22)19-26)30(36)33-20-28(34)35/h11-19,29H,8-10,20H2,1-7H3,(H,33,36)(H,34,35). The van der Waals surface area contributed by atoms with Crippen molar-refractivity contribution in [1.29, 1.82) is 0 Å². The van der Waals surface area contributed by atoms with Crippen LogP contribution in [0.5, 0.6) is 5.75 Å². The van der Waals surface area contributed by atoms with Crippen molar-refractivity contribution in [2.45, 2.75) is 83.3 Å². The van der Waals surface area contributed by atoms with Crippen LogP contribution in [0, 0.1) is 6.92 Å². The Morgan fingerprint density at radius 1 is 0.921 bits per heavy atom. The van der Waals surface area contributed by atoms with Gasteiger partial charge in [-0.15, -0.1) is 11.8 Å². The van der Waals surface area contributed by atoms with Crippen LogP contribution in [0.2, 0.25) is 0 Å². The molecule has 1 amide bonds. The van der Waals surface area contributed by atoms with Crippen LogP contribution in [0.1, 0.15) is 87.9 Å². The van der Waals surface area contributed by atoms with E-state index in [1.807, 2.05) is 23.9 Å². The molecule has 5 nitrogen and oxygen atoms in total. The molecule has 0 radical (unpaired) electrons. The highest BCUT2D eigenvalue weighted by atomic mass is 32.2. The van der Waals surface area contributed by atoms with Crippen LogP contribution < -0.4 is 10.1 Å². The molecule has 0 bridgehead atoms. The van der Waals surface area contributed by atoms with Gasteiger partial charge in [0.25, 0.3) is 5.91 Å². The molecule has 6 heteroatoms. The van der Waals surface area contributed by atoms with Crippen molar-refractivity contribution in [3.8, 4) is 5.75 Å². The van der Waals surface area contributed by atoms with Crippen molar-refractivity contribution in [2.24, 2.45) is 0 Å². The normalized spacial score (nSPS) is 12.8. The van der Waals surface area contributed by atoms with Gasteiger partial charge < -0.3 is 15.2 Å². The van der Waals surface area contributed by atoms with E-state index >= 15 is 0 Å². The lowest BCUT2D eigenvalue weighted by atomic mass is 9.70. The van der Waals surface area contributed by atoms with Gasteiger partial charge in [-0.1, -0.05) is 77.9 Å². The molecule has 0 saturated carbocycles. The average molecular weight is 536 g/mol. The summed E-state index contributed by atoms with van der Waals surface area (Å²) in [5.74, 6) is -0.521. The van der Waals surface area contributed by atoms with Crippen LogP contribution in [0.3, 0.4) is 0 Å². The summed E-state index contributed by atoms with van der Waals surface area (Å²) in [4.78, 5) is 23.1. The lowest BCUT2D eigenvalue weighted by Crippen LogP contribution is -2.29. The fraction of sp³-hybridized carbons (Fsp3) is 0.438. The number of amides is 1. The third-order valence-corrected chi connectivity index (χ3v) is 8.47. The predicted molar refractivity (Wildman–Crippen MR) is 159 cm³/mol. The van der Waals surface area contributed by atoms with Crippen molar-refractivity contribution in [3.63, 3.8) is 0 Å². The van der Waals surface area contributed by atoms with Crippen molar-refractivity contribution >= 4 is 34.4 Å². The molecule has 1 atom stereocenters. The Morgan fingerprint density at radius 3 is 2.11 bits per heavy atom. The third-order valence-electron chi connectivity index (χ3n) is 7.07. The van der Waals surface area contributed by atoms with E-state index in [0.29, 0.717) is 5.56 Å². The Morgan fingerprint density at radius 2 is 1.53 bits per heavy atom. The predicted octanol–water partition coefficient (Wildman–Crippen LogP) is 7.72. The second kappa shape index (κ2) is 12.2. The Balaban J connectivity index is 1.93. The minimum absolute atomic E-state index is 0.109. The molecule has 0 aliphatic rings. The van der Waals surface area contributed by atoms with Gasteiger partial charge in [0.15, 0.2) is 0 Å². The van der Waals surface area contributed by atoms with Crippen LogP contribution in [-0.4, -0.2) is 33.7 Å². The van der Waals surface area contributed by atoms with Crippen molar-refractivity contribution < 1.29 is 19.4 Å². The lowest BCUT2D eigenvalue weighted by molar-refractivity contribution is -0.135. The maximum atomic E-state index is 12.3. The number of aryl methyl sites for hydroxylation is 1. The van der Waals surface area contributed by atoms with Gasteiger partial charge in [-0.2, -0.15) is 0 Å². The highest BCUT2D eigenvalue weighted by Gasteiger charge is 2.31. The van der Waals surface area contributed by atoms with Gasteiger partial charge in [-0.05, 0) is 71.8 Å². The molecule has 3 aromatic rings. The number of ether oxygens (including phenoxy) is 1. The third kappa shape index (κ3) is 6.90. The number of aliphatic carboxylic acids is 1. The van der Waals surface area contributed by atoms with E-state index in [4.69, 9.17) is 9.84 Å². The van der Waals surface area contributed by atoms with Crippen molar-refractivity contribution in [1.82, 2.24) is 5.32 Å². The first-order chi connectivity index (χ1) is 17.9. The van der Waals surface area contributed by atoms with Gasteiger partial charge in [0.05, 0.1) is 0 Å². The number of benzene rings is 3. The van der Waals surface area contributed by atoms with Crippen LogP contribution in [0.25, 0.3) is 10.8 Å². The molecule has 38 heavy (non-hydrogen) atoms. The minimum Gasteiger partial charge on any atom is -0.480 e. The summed E-state index contributed by atoms with van der Waals surface area (Å²) in [5.41, 5.74) is 4.05. The summed E-state index contributed by atoms with van der Waals surface area (Å²) in [6, 6.07) is 18.5. The minimum atomic E-state index is -1.07. The fourth-order valence-electron chi connectivity index (χ4n) is 4.98. The van der Waals surface area contributed by atoms with Crippen LogP contribution in [-0.2, 0) is 10.2 Å². The Hall–Kier alpha value is -2.99. The molecule has 1 unspecified atom stereocenters. The first kappa shape index (κ1) is 29.6. The molecule has 3 rings (SSSR count). The molecule has 0 aliphatic carbocycles. The van der Waals surface area contributed by atoms with Crippen LogP contribution in [0.4, 0.5) is 0 Å². The van der Waals surface area contributed by atoms with Gasteiger partial charge in [0, 0.05) is 15.7 Å². The number of nitrogens with one attached hydrogen (secondary N) is 1. The maximum absolute atomic E-state index is 12.3. The maximum Gasteiger partial charge on any atom is 0.322 e. The lowest BCUT2D eigenvalue weighted by Gasteiger charge is -2.34. The number of carboxylic acids is 1. The second-order valence-electron chi connectivity index (χ2n) is 10.8. The highest BCUT2D eigenvalue weighted by Crippen LogP contribution is 2.42. The van der Waals surface area contributed by atoms with E-state index in [9.17, 15) is 9.59 Å². The van der Waals surface area contributed by atoms with Crippen molar-refractivity contribution in [3.05, 3.63) is 76.9 Å². The molecule has 2 N–H and O–H groups in total. The van der Waals surface area contributed by atoms with Gasteiger partial charge in [0.2, 0.25) is 0 Å². The fourth-order valence-corrected chi connectivity index (χ4v) is 6.09. The molecule has 0 spiro atoms. The Labute approximate surface area is 231 Å². The Bertz CT molecular complexity index is 1290. The monoisotopic (exact) mass is 535 g/mol. The molecule has 204 valence electrons.